The summed E-state index contributed by atoms with van der Waals surface area (Å²) in [5.74, 6) is 0.408. The number of nitrogens with one attached hydrogen (secondary N) is 1. The lowest BCUT2D eigenvalue weighted by atomic mass is 9.88. The van der Waals surface area contributed by atoms with Crippen molar-refractivity contribution >= 4 is 5.91 Å². The molecule has 0 saturated carbocycles. The van der Waals surface area contributed by atoms with Crippen LogP contribution in [0.3, 0.4) is 0 Å². The summed E-state index contributed by atoms with van der Waals surface area (Å²) in [7, 11) is 0. The fraction of sp³-hybridized carbons (Fsp3) is 0.321. The summed E-state index contributed by atoms with van der Waals surface area (Å²) >= 11 is 0. The fourth-order valence-corrected chi connectivity index (χ4v) is 4.47. The van der Waals surface area contributed by atoms with E-state index in [0.717, 1.165) is 32.5 Å². The van der Waals surface area contributed by atoms with Gasteiger partial charge in [0.1, 0.15) is 11.6 Å². The second-order valence-electron chi connectivity index (χ2n) is 8.77. The second-order valence-corrected chi connectivity index (χ2v) is 8.77. The van der Waals surface area contributed by atoms with E-state index in [1.54, 1.807) is 12.1 Å². The number of halogens is 1. The van der Waals surface area contributed by atoms with Gasteiger partial charge in [0, 0.05) is 38.2 Å². The molecule has 0 spiro atoms. The Bertz CT molecular complexity index is 1010. The minimum absolute atomic E-state index is 0.0967. The Hall–Kier alpha value is -3.18. The van der Waals surface area contributed by atoms with Crippen LogP contribution in [0.15, 0.2) is 84.9 Å². The molecule has 1 saturated heterocycles. The number of carbonyl (C=O) groups excluding carboxylic acids is 1. The lowest BCUT2D eigenvalue weighted by Gasteiger charge is -2.37. The number of benzene rings is 3. The molecule has 5 heteroatoms. The molecule has 2 atom stereocenters. The number of carbonyl (C=O) groups is 1. The number of hydrogen-bond acceptors (Lipinski definition) is 3. The number of likely N-dealkylation sites (tertiary alicyclic amines) is 1. The molecular formula is C28H31FN2O2. The first kappa shape index (κ1) is 23.0. The molecule has 4 nitrogen and oxygen atoms in total. The summed E-state index contributed by atoms with van der Waals surface area (Å²) in [5.41, 5.74) is 2.45. The molecule has 1 aliphatic rings. The molecular weight excluding hydrogens is 415 g/mol. The third-order valence-corrected chi connectivity index (χ3v) is 6.07. The van der Waals surface area contributed by atoms with Gasteiger partial charge in [0.2, 0.25) is 5.91 Å². The van der Waals surface area contributed by atoms with E-state index in [1.165, 1.54) is 23.3 Å². The van der Waals surface area contributed by atoms with Gasteiger partial charge < -0.3 is 10.1 Å². The van der Waals surface area contributed by atoms with E-state index in [9.17, 15) is 9.18 Å². The van der Waals surface area contributed by atoms with Gasteiger partial charge in [-0.05, 0) is 36.1 Å². The smallest absolute Gasteiger partial charge is 0.224 e. The van der Waals surface area contributed by atoms with E-state index >= 15 is 0 Å². The predicted octanol–water partition coefficient (Wildman–Crippen LogP) is 4.70. The third kappa shape index (κ3) is 7.16. The molecule has 1 heterocycles. The summed E-state index contributed by atoms with van der Waals surface area (Å²) in [5, 5.41) is 3.13. The summed E-state index contributed by atoms with van der Waals surface area (Å²) in [4.78, 5) is 15.4. The maximum absolute atomic E-state index is 13.5. The van der Waals surface area contributed by atoms with E-state index < -0.39 is 0 Å². The highest BCUT2D eigenvalue weighted by molar-refractivity contribution is 5.79. The molecule has 1 fully saturated rings. The maximum atomic E-state index is 13.5. The number of nitrogens with zero attached hydrogens (tertiary/aromatic N) is 1. The quantitative estimate of drug-likeness (QED) is 0.518. The van der Waals surface area contributed by atoms with Gasteiger partial charge in [0.05, 0.1) is 12.5 Å². The molecule has 0 aromatic heterocycles. The predicted molar refractivity (Wildman–Crippen MR) is 128 cm³/mol. The van der Waals surface area contributed by atoms with Gasteiger partial charge in [-0.1, -0.05) is 66.7 Å². The van der Waals surface area contributed by atoms with Gasteiger partial charge in [0.25, 0.3) is 0 Å². The molecule has 3 aromatic rings. The minimum Gasteiger partial charge on any atom is -0.493 e. The van der Waals surface area contributed by atoms with Crippen LogP contribution in [0.1, 0.15) is 17.5 Å². The van der Waals surface area contributed by atoms with E-state index in [2.05, 4.69) is 34.5 Å². The topological polar surface area (TPSA) is 41.6 Å². The molecule has 1 amide bonds. The van der Waals surface area contributed by atoms with Crippen molar-refractivity contribution < 1.29 is 13.9 Å². The van der Waals surface area contributed by atoms with Crippen LogP contribution in [0.2, 0.25) is 0 Å². The Morgan fingerprint density at radius 2 is 1.67 bits per heavy atom. The van der Waals surface area contributed by atoms with Crippen LogP contribution < -0.4 is 10.1 Å². The van der Waals surface area contributed by atoms with Crippen molar-refractivity contribution in [1.82, 2.24) is 10.2 Å². The molecule has 172 valence electrons. The zero-order chi connectivity index (χ0) is 22.9. The van der Waals surface area contributed by atoms with Crippen molar-refractivity contribution in [2.45, 2.75) is 19.4 Å². The van der Waals surface area contributed by atoms with Crippen molar-refractivity contribution in [3.63, 3.8) is 0 Å². The number of amides is 1. The zero-order valence-corrected chi connectivity index (χ0v) is 18.8. The largest absolute Gasteiger partial charge is 0.493 e. The van der Waals surface area contributed by atoms with Crippen molar-refractivity contribution in [2.75, 3.05) is 26.2 Å². The third-order valence-electron chi connectivity index (χ3n) is 6.07. The van der Waals surface area contributed by atoms with Crippen LogP contribution in [0, 0.1) is 17.7 Å². The first-order valence-electron chi connectivity index (χ1n) is 11.6. The molecule has 1 aliphatic heterocycles. The highest BCUT2D eigenvalue weighted by Gasteiger charge is 2.32. The first-order chi connectivity index (χ1) is 16.2. The number of rotatable bonds is 9. The molecule has 4 rings (SSSR count). The number of hydrogen-bond donors (Lipinski definition) is 1. The summed E-state index contributed by atoms with van der Waals surface area (Å²) in [6.45, 7) is 3.46. The average molecular weight is 447 g/mol. The van der Waals surface area contributed by atoms with Gasteiger partial charge in [0.15, 0.2) is 0 Å². The van der Waals surface area contributed by atoms with Gasteiger partial charge in [-0.15, -0.1) is 0 Å². The fourth-order valence-electron chi connectivity index (χ4n) is 4.47. The van der Waals surface area contributed by atoms with Gasteiger partial charge in [-0.3, -0.25) is 9.69 Å². The SMILES string of the molecule is O=C(NCCc1ccccc1)[C@@H]1C[C@H](COc2cccc(F)c2)CN(Cc2ccccc2)C1. The Morgan fingerprint density at radius 3 is 2.39 bits per heavy atom. The van der Waals surface area contributed by atoms with Crippen molar-refractivity contribution in [2.24, 2.45) is 11.8 Å². The monoisotopic (exact) mass is 446 g/mol. The van der Waals surface area contributed by atoms with Crippen LogP contribution in [0.25, 0.3) is 0 Å². The van der Waals surface area contributed by atoms with Crippen LogP contribution in [0.4, 0.5) is 4.39 Å². The standard InChI is InChI=1S/C28H31FN2O2/c29-26-12-7-13-27(17-26)33-21-24-16-25(20-31(19-24)18-23-10-5-2-6-11-23)28(32)30-15-14-22-8-3-1-4-9-22/h1-13,17,24-25H,14-16,18-21H2,(H,30,32)/t24-,25+/m0/s1. The Labute approximate surface area is 195 Å². The minimum atomic E-state index is -0.308. The van der Waals surface area contributed by atoms with Crippen LogP contribution in [-0.4, -0.2) is 37.0 Å². The molecule has 33 heavy (non-hydrogen) atoms. The Morgan fingerprint density at radius 1 is 0.939 bits per heavy atom. The molecule has 0 radical (unpaired) electrons. The van der Waals surface area contributed by atoms with Crippen molar-refractivity contribution in [3.05, 3.63) is 102 Å². The summed E-state index contributed by atoms with van der Waals surface area (Å²) in [6.07, 6.45) is 1.58. The molecule has 3 aromatic carbocycles. The molecule has 0 aliphatic carbocycles. The van der Waals surface area contributed by atoms with Gasteiger partial charge >= 0.3 is 0 Å². The second kappa shape index (κ2) is 11.6. The summed E-state index contributed by atoms with van der Waals surface area (Å²) in [6, 6.07) is 26.7. The lowest BCUT2D eigenvalue weighted by Crippen LogP contribution is -2.47. The number of ether oxygens (including phenoxy) is 1. The van der Waals surface area contributed by atoms with Crippen LogP contribution in [0.5, 0.6) is 5.75 Å². The van der Waals surface area contributed by atoms with Gasteiger partial charge in [-0.2, -0.15) is 0 Å². The molecule has 0 unspecified atom stereocenters. The molecule has 0 bridgehead atoms. The molecule has 1 N–H and O–H groups in total. The van der Waals surface area contributed by atoms with Gasteiger partial charge in [-0.25, -0.2) is 4.39 Å². The van der Waals surface area contributed by atoms with Crippen LogP contribution in [-0.2, 0) is 17.8 Å². The summed E-state index contributed by atoms with van der Waals surface area (Å²) < 4.78 is 19.4. The van der Waals surface area contributed by atoms with E-state index in [0.29, 0.717) is 18.9 Å². The normalized spacial score (nSPS) is 18.6. The van der Waals surface area contributed by atoms with Crippen molar-refractivity contribution in [3.8, 4) is 5.75 Å². The first-order valence-corrected chi connectivity index (χ1v) is 11.6. The lowest BCUT2D eigenvalue weighted by molar-refractivity contribution is -0.127. The van der Waals surface area contributed by atoms with Crippen LogP contribution >= 0.6 is 0 Å². The van der Waals surface area contributed by atoms with Crippen molar-refractivity contribution in [1.29, 1.82) is 0 Å². The maximum Gasteiger partial charge on any atom is 0.224 e. The van der Waals surface area contributed by atoms with E-state index in [4.69, 9.17) is 4.74 Å². The average Bonchev–Trinajstić information content (AvgIpc) is 2.84. The zero-order valence-electron chi connectivity index (χ0n) is 18.8. The number of piperidine rings is 1. The Balaban J connectivity index is 1.36. The van der Waals surface area contributed by atoms with E-state index in [-0.39, 0.29) is 23.6 Å². The Kier molecular flexibility index (Phi) is 8.09. The highest BCUT2D eigenvalue weighted by Crippen LogP contribution is 2.25. The highest BCUT2D eigenvalue weighted by atomic mass is 19.1. The van der Waals surface area contributed by atoms with E-state index in [1.807, 2.05) is 36.4 Å².